The van der Waals surface area contributed by atoms with E-state index in [1.54, 1.807) is 7.11 Å². The van der Waals surface area contributed by atoms with E-state index in [4.69, 9.17) is 4.74 Å². The fourth-order valence-electron chi connectivity index (χ4n) is 2.73. The average molecular weight is 283 g/mol. The van der Waals surface area contributed by atoms with Crippen molar-refractivity contribution in [2.24, 2.45) is 0 Å². The molecule has 1 atom stereocenters. The fourth-order valence-corrected chi connectivity index (χ4v) is 2.73. The quantitative estimate of drug-likeness (QED) is 0.816. The lowest BCUT2D eigenvalue weighted by atomic mass is 9.95. The van der Waals surface area contributed by atoms with E-state index in [2.05, 4.69) is 55.6 Å². The topological polar surface area (TPSA) is 21.3 Å². The molecule has 2 aromatic carbocycles. The highest BCUT2D eigenvalue weighted by Gasteiger charge is 2.17. The van der Waals surface area contributed by atoms with Crippen molar-refractivity contribution in [1.82, 2.24) is 5.32 Å². The predicted molar refractivity (Wildman–Crippen MR) is 89.0 cm³/mol. The molecular weight excluding hydrogens is 258 g/mol. The molecule has 0 aliphatic heterocycles. The van der Waals surface area contributed by atoms with Crippen molar-refractivity contribution in [2.45, 2.75) is 32.7 Å². The maximum Gasteiger partial charge on any atom is 0.123 e. The highest BCUT2D eigenvalue weighted by Crippen LogP contribution is 2.30. The molecule has 2 rings (SSSR count). The van der Waals surface area contributed by atoms with Crippen molar-refractivity contribution in [3.63, 3.8) is 0 Å². The number of para-hydroxylation sites is 1. The van der Waals surface area contributed by atoms with Crippen molar-refractivity contribution in [2.75, 3.05) is 13.7 Å². The van der Waals surface area contributed by atoms with Crippen LogP contribution in [-0.4, -0.2) is 13.7 Å². The van der Waals surface area contributed by atoms with Gasteiger partial charge < -0.3 is 10.1 Å². The number of ether oxygens (including phenoxy) is 1. The first kappa shape index (κ1) is 15.6. The molecule has 1 unspecified atom stereocenters. The highest BCUT2D eigenvalue weighted by molar-refractivity contribution is 5.42. The molecule has 0 fully saturated rings. The van der Waals surface area contributed by atoms with E-state index in [9.17, 15) is 0 Å². The highest BCUT2D eigenvalue weighted by atomic mass is 16.5. The Hall–Kier alpha value is -1.80. The molecular formula is C19H25NO. The van der Waals surface area contributed by atoms with Crippen LogP contribution >= 0.6 is 0 Å². The van der Waals surface area contributed by atoms with Gasteiger partial charge in [-0.15, -0.1) is 0 Å². The molecule has 0 saturated carbocycles. The molecule has 0 saturated heterocycles. The maximum absolute atomic E-state index is 5.53. The van der Waals surface area contributed by atoms with E-state index < -0.39 is 0 Å². The van der Waals surface area contributed by atoms with E-state index in [1.807, 2.05) is 12.1 Å². The largest absolute Gasteiger partial charge is 0.496 e. The predicted octanol–water partition coefficient (Wildman–Crippen LogP) is 4.35. The summed E-state index contributed by atoms with van der Waals surface area (Å²) in [5, 5.41) is 3.58. The lowest BCUT2D eigenvalue weighted by Gasteiger charge is -2.22. The van der Waals surface area contributed by atoms with Gasteiger partial charge in [-0.2, -0.15) is 0 Å². The third-order valence-corrected chi connectivity index (χ3v) is 3.68. The van der Waals surface area contributed by atoms with Gasteiger partial charge in [0.15, 0.2) is 0 Å². The van der Waals surface area contributed by atoms with E-state index >= 15 is 0 Å². The van der Waals surface area contributed by atoms with Gasteiger partial charge in [0.25, 0.3) is 0 Å². The first-order chi connectivity index (χ1) is 10.3. The van der Waals surface area contributed by atoms with Crippen LogP contribution in [0.1, 0.15) is 43.0 Å². The monoisotopic (exact) mass is 283 g/mol. The van der Waals surface area contributed by atoms with Gasteiger partial charge >= 0.3 is 0 Å². The van der Waals surface area contributed by atoms with Gasteiger partial charge in [0.1, 0.15) is 5.75 Å². The first-order valence-corrected chi connectivity index (χ1v) is 7.75. The minimum atomic E-state index is 0.169. The number of hydrogen-bond acceptors (Lipinski definition) is 2. The van der Waals surface area contributed by atoms with Gasteiger partial charge in [0, 0.05) is 5.56 Å². The van der Waals surface area contributed by atoms with E-state index in [0.717, 1.165) is 18.7 Å². The number of hydrogen-bond donors (Lipinski definition) is 1. The summed E-state index contributed by atoms with van der Waals surface area (Å²) < 4.78 is 5.53. The summed E-state index contributed by atoms with van der Waals surface area (Å²) >= 11 is 0. The summed E-state index contributed by atoms with van der Waals surface area (Å²) in [5.41, 5.74) is 3.88. The average Bonchev–Trinajstić information content (AvgIpc) is 2.53. The molecule has 2 aromatic rings. The van der Waals surface area contributed by atoms with Crippen LogP contribution < -0.4 is 10.1 Å². The summed E-state index contributed by atoms with van der Waals surface area (Å²) in [6.07, 6.45) is 2.29. The number of rotatable bonds is 7. The Morgan fingerprint density at radius 3 is 2.57 bits per heavy atom. The van der Waals surface area contributed by atoms with Crippen molar-refractivity contribution < 1.29 is 4.74 Å². The molecule has 112 valence electrons. The molecule has 0 bridgehead atoms. The van der Waals surface area contributed by atoms with Crippen LogP contribution in [0.4, 0.5) is 0 Å². The van der Waals surface area contributed by atoms with Gasteiger partial charge in [0.05, 0.1) is 13.2 Å². The van der Waals surface area contributed by atoms with E-state index in [-0.39, 0.29) is 6.04 Å². The number of methoxy groups -OCH3 is 1. The standard InChI is InChI=1S/C19H25NO/c1-4-9-15-10-8-11-16(14-15)19(20-5-2)17-12-6-7-13-18(17)21-3/h6-8,10-14,19-20H,4-5,9H2,1-3H3. The number of aryl methyl sites for hydroxylation is 1. The Bertz CT molecular complexity index is 565. The second-order valence-corrected chi connectivity index (χ2v) is 5.23. The minimum Gasteiger partial charge on any atom is -0.496 e. The van der Waals surface area contributed by atoms with Crippen LogP contribution in [0.25, 0.3) is 0 Å². The normalized spacial score (nSPS) is 12.1. The smallest absolute Gasteiger partial charge is 0.123 e. The van der Waals surface area contributed by atoms with Crippen molar-refractivity contribution >= 4 is 0 Å². The third kappa shape index (κ3) is 3.85. The summed E-state index contributed by atoms with van der Waals surface area (Å²) in [5.74, 6) is 0.935. The number of nitrogens with one attached hydrogen (secondary N) is 1. The summed E-state index contributed by atoms with van der Waals surface area (Å²) in [6.45, 7) is 5.27. The fraction of sp³-hybridized carbons (Fsp3) is 0.368. The van der Waals surface area contributed by atoms with Gasteiger partial charge in [-0.25, -0.2) is 0 Å². The molecule has 0 amide bonds. The zero-order chi connectivity index (χ0) is 15.1. The van der Waals surface area contributed by atoms with Gasteiger partial charge in [-0.3, -0.25) is 0 Å². The molecule has 21 heavy (non-hydrogen) atoms. The molecule has 0 aromatic heterocycles. The molecule has 2 heteroatoms. The second-order valence-electron chi connectivity index (χ2n) is 5.23. The second kappa shape index (κ2) is 7.84. The molecule has 0 aliphatic rings. The van der Waals surface area contributed by atoms with Gasteiger partial charge in [0.2, 0.25) is 0 Å². The number of benzene rings is 2. The molecule has 0 heterocycles. The lowest BCUT2D eigenvalue weighted by Crippen LogP contribution is -2.22. The third-order valence-electron chi connectivity index (χ3n) is 3.68. The van der Waals surface area contributed by atoms with Crippen LogP contribution in [0.5, 0.6) is 5.75 Å². The summed E-state index contributed by atoms with van der Waals surface area (Å²) in [7, 11) is 1.73. The maximum atomic E-state index is 5.53. The first-order valence-electron chi connectivity index (χ1n) is 7.75. The van der Waals surface area contributed by atoms with E-state index in [0.29, 0.717) is 0 Å². The van der Waals surface area contributed by atoms with Crippen molar-refractivity contribution in [1.29, 1.82) is 0 Å². The summed E-state index contributed by atoms with van der Waals surface area (Å²) in [6, 6.07) is 17.3. The zero-order valence-electron chi connectivity index (χ0n) is 13.2. The zero-order valence-corrected chi connectivity index (χ0v) is 13.2. The minimum absolute atomic E-state index is 0.169. The van der Waals surface area contributed by atoms with Gasteiger partial charge in [-0.05, 0) is 30.2 Å². The van der Waals surface area contributed by atoms with Crippen LogP contribution in [-0.2, 0) is 6.42 Å². The molecule has 1 N–H and O–H groups in total. The van der Waals surface area contributed by atoms with Crippen LogP contribution in [0.3, 0.4) is 0 Å². The summed E-state index contributed by atoms with van der Waals surface area (Å²) in [4.78, 5) is 0. The van der Waals surface area contributed by atoms with Crippen LogP contribution in [0.2, 0.25) is 0 Å². The van der Waals surface area contributed by atoms with Crippen LogP contribution in [0.15, 0.2) is 48.5 Å². The Balaban J connectivity index is 2.40. The Labute approximate surface area is 128 Å². The Morgan fingerprint density at radius 2 is 1.86 bits per heavy atom. The molecule has 2 nitrogen and oxygen atoms in total. The van der Waals surface area contributed by atoms with Gasteiger partial charge in [-0.1, -0.05) is 62.7 Å². The van der Waals surface area contributed by atoms with E-state index in [1.165, 1.54) is 23.1 Å². The molecule has 0 spiro atoms. The molecule has 0 radical (unpaired) electrons. The SMILES string of the molecule is CCCc1cccc(C(NCC)c2ccccc2OC)c1. The van der Waals surface area contributed by atoms with Crippen molar-refractivity contribution in [3.8, 4) is 5.75 Å². The van der Waals surface area contributed by atoms with Crippen molar-refractivity contribution in [3.05, 3.63) is 65.2 Å². The molecule has 0 aliphatic carbocycles. The lowest BCUT2D eigenvalue weighted by molar-refractivity contribution is 0.404. The Morgan fingerprint density at radius 1 is 1.05 bits per heavy atom. The van der Waals surface area contributed by atoms with Crippen LogP contribution in [0, 0.1) is 0 Å². The Kier molecular flexibility index (Phi) is 5.82.